The standard InChI is InChI=1S/C9H10ClFO3S/c10-15(13,14)6-8(11)4-7-2-1-3-9(12)5-7/h1-3,5,8,12H,4,6H2. The molecular formula is C9H10ClFO3S. The molecule has 0 fully saturated rings. The van der Waals surface area contributed by atoms with Crippen molar-refractivity contribution in [2.45, 2.75) is 12.6 Å². The summed E-state index contributed by atoms with van der Waals surface area (Å²) in [6.07, 6.45) is -1.64. The van der Waals surface area contributed by atoms with E-state index in [0.717, 1.165) is 0 Å². The van der Waals surface area contributed by atoms with Crippen LogP contribution in [-0.4, -0.2) is 25.4 Å². The number of phenols is 1. The van der Waals surface area contributed by atoms with Gasteiger partial charge in [-0.2, -0.15) is 0 Å². The molecule has 0 saturated carbocycles. The molecule has 0 aliphatic heterocycles. The van der Waals surface area contributed by atoms with Crippen molar-refractivity contribution in [3.8, 4) is 5.75 Å². The second-order valence-corrected chi connectivity index (χ2v) is 6.00. The lowest BCUT2D eigenvalue weighted by molar-refractivity contribution is 0.361. The minimum atomic E-state index is -3.82. The SMILES string of the molecule is O=S(=O)(Cl)CC(F)Cc1cccc(O)c1. The van der Waals surface area contributed by atoms with Crippen molar-refractivity contribution in [3.63, 3.8) is 0 Å². The summed E-state index contributed by atoms with van der Waals surface area (Å²) < 4.78 is 34.3. The van der Waals surface area contributed by atoms with E-state index in [0.29, 0.717) is 5.56 Å². The summed E-state index contributed by atoms with van der Waals surface area (Å²) in [7, 11) is 1.09. The summed E-state index contributed by atoms with van der Waals surface area (Å²) in [6, 6.07) is 6.00. The van der Waals surface area contributed by atoms with Crippen LogP contribution >= 0.6 is 10.7 Å². The van der Waals surface area contributed by atoms with Crippen LogP contribution in [0.15, 0.2) is 24.3 Å². The molecule has 0 spiro atoms. The topological polar surface area (TPSA) is 54.4 Å². The van der Waals surface area contributed by atoms with Gasteiger partial charge in [-0.1, -0.05) is 12.1 Å². The lowest BCUT2D eigenvalue weighted by atomic mass is 10.1. The van der Waals surface area contributed by atoms with Crippen molar-refractivity contribution in [3.05, 3.63) is 29.8 Å². The fourth-order valence-corrected chi connectivity index (χ4v) is 2.17. The molecule has 1 unspecified atom stereocenters. The zero-order valence-electron chi connectivity index (χ0n) is 7.73. The van der Waals surface area contributed by atoms with Crippen LogP contribution in [0.25, 0.3) is 0 Å². The van der Waals surface area contributed by atoms with Gasteiger partial charge in [0.1, 0.15) is 11.9 Å². The first-order chi connectivity index (χ1) is 6.87. The van der Waals surface area contributed by atoms with Crippen molar-refractivity contribution in [2.75, 3.05) is 5.75 Å². The Kier molecular flexibility index (Phi) is 3.93. The molecule has 0 aliphatic carbocycles. The van der Waals surface area contributed by atoms with Crippen molar-refractivity contribution in [1.82, 2.24) is 0 Å². The van der Waals surface area contributed by atoms with Gasteiger partial charge in [0.2, 0.25) is 9.05 Å². The molecule has 1 aromatic rings. The third-order valence-electron chi connectivity index (χ3n) is 1.75. The number of aromatic hydroxyl groups is 1. The third-order valence-corrected chi connectivity index (χ3v) is 2.89. The molecule has 0 saturated heterocycles. The maximum absolute atomic E-state index is 13.2. The number of hydrogen-bond donors (Lipinski definition) is 1. The van der Waals surface area contributed by atoms with E-state index >= 15 is 0 Å². The Morgan fingerprint density at radius 1 is 1.47 bits per heavy atom. The largest absolute Gasteiger partial charge is 0.508 e. The molecule has 0 amide bonds. The predicted molar refractivity (Wildman–Crippen MR) is 56.3 cm³/mol. The van der Waals surface area contributed by atoms with Gasteiger partial charge in [-0.05, 0) is 17.7 Å². The minimum absolute atomic E-state index is 0.0217. The van der Waals surface area contributed by atoms with E-state index in [9.17, 15) is 12.8 Å². The molecule has 0 heterocycles. The van der Waals surface area contributed by atoms with Gasteiger partial charge in [0.15, 0.2) is 0 Å². The molecule has 1 rings (SSSR count). The summed E-state index contributed by atoms with van der Waals surface area (Å²) in [5.74, 6) is -0.696. The van der Waals surface area contributed by atoms with E-state index in [2.05, 4.69) is 0 Å². The highest BCUT2D eigenvalue weighted by molar-refractivity contribution is 8.13. The fourth-order valence-electron chi connectivity index (χ4n) is 1.21. The van der Waals surface area contributed by atoms with Gasteiger partial charge in [0.05, 0.1) is 5.75 Å². The predicted octanol–water partition coefficient (Wildman–Crippen LogP) is 1.84. The van der Waals surface area contributed by atoms with Gasteiger partial charge in [0.25, 0.3) is 0 Å². The van der Waals surface area contributed by atoms with E-state index in [1.54, 1.807) is 12.1 Å². The van der Waals surface area contributed by atoms with Crippen LogP contribution in [0.4, 0.5) is 4.39 Å². The molecule has 0 radical (unpaired) electrons. The van der Waals surface area contributed by atoms with Gasteiger partial charge >= 0.3 is 0 Å². The van der Waals surface area contributed by atoms with Crippen molar-refractivity contribution in [1.29, 1.82) is 0 Å². The molecule has 0 aromatic heterocycles. The Morgan fingerprint density at radius 3 is 2.67 bits per heavy atom. The van der Waals surface area contributed by atoms with E-state index in [1.165, 1.54) is 12.1 Å². The van der Waals surface area contributed by atoms with Crippen LogP contribution in [0.1, 0.15) is 5.56 Å². The van der Waals surface area contributed by atoms with Crippen molar-refractivity contribution in [2.24, 2.45) is 0 Å². The maximum Gasteiger partial charge on any atom is 0.235 e. The first-order valence-electron chi connectivity index (χ1n) is 4.21. The van der Waals surface area contributed by atoms with Gasteiger partial charge in [-0.15, -0.1) is 0 Å². The zero-order chi connectivity index (χ0) is 11.5. The second kappa shape index (κ2) is 4.81. The van der Waals surface area contributed by atoms with Crippen molar-refractivity contribution < 1.29 is 17.9 Å². The molecule has 0 bridgehead atoms. The number of hydrogen-bond acceptors (Lipinski definition) is 3. The summed E-state index contributed by atoms with van der Waals surface area (Å²) in [6.45, 7) is 0. The monoisotopic (exact) mass is 252 g/mol. The Hall–Kier alpha value is -0.810. The Balaban J connectivity index is 2.63. The summed E-state index contributed by atoms with van der Waals surface area (Å²) >= 11 is 0. The van der Waals surface area contributed by atoms with Crippen LogP contribution in [0.5, 0.6) is 5.75 Å². The molecule has 84 valence electrons. The fraction of sp³-hybridized carbons (Fsp3) is 0.333. The Labute approximate surface area is 91.9 Å². The van der Waals surface area contributed by atoms with Crippen molar-refractivity contribution >= 4 is 19.7 Å². The van der Waals surface area contributed by atoms with E-state index in [1.807, 2.05) is 0 Å². The molecule has 15 heavy (non-hydrogen) atoms. The zero-order valence-corrected chi connectivity index (χ0v) is 9.30. The highest BCUT2D eigenvalue weighted by Gasteiger charge is 2.16. The first kappa shape index (κ1) is 12.3. The molecule has 6 heteroatoms. The average Bonchev–Trinajstić information content (AvgIpc) is 1.99. The second-order valence-electron chi connectivity index (χ2n) is 3.18. The van der Waals surface area contributed by atoms with Crippen LogP contribution in [0, 0.1) is 0 Å². The van der Waals surface area contributed by atoms with Gasteiger partial charge in [-0.25, -0.2) is 12.8 Å². The molecule has 1 aromatic carbocycles. The minimum Gasteiger partial charge on any atom is -0.508 e. The van der Waals surface area contributed by atoms with E-state index < -0.39 is 21.0 Å². The number of rotatable bonds is 4. The van der Waals surface area contributed by atoms with E-state index in [4.69, 9.17) is 15.8 Å². The van der Waals surface area contributed by atoms with E-state index in [-0.39, 0.29) is 12.2 Å². The smallest absolute Gasteiger partial charge is 0.235 e. The lowest BCUT2D eigenvalue weighted by Gasteiger charge is -2.06. The third kappa shape index (κ3) is 4.99. The molecular weight excluding hydrogens is 243 g/mol. The highest BCUT2D eigenvalue weighted by Crippen LogP contribution is 2.15. The number of alkyl halides is 1. The van der Waals surface area contributed by atoms with Gasteiger partial charge in [-0.3, -0.25) is 0 Å². The number of halogens is 2. The highest BCUT2D eigenvalue weighted by atomic mass is 35.7. The summed E-state index contributed by atoms with van der Waals surface area (Å²) in [4.78, 5) is 0. The Morgan fingerprint density at radius 2 is 2.13 bits per heavy atom. The van der Waals surface area contributed by atoms with Gasteiger partial charge in [0, 0.05) is 17.1 Å². The van der Waals surface area contributed by atoms with Crippen LogP contribution < -0.4 is 0 Å². The molecule has 3 nitrogen and oxygen atoms in total. The van der Waals surface area contributed by atoms with Gasteiger partial charge < -0.3 is 5.11 Å². The first-order valence-corrected chi connectivity index (χ1v) is 6.69. The normalized spacial score (nSPS) is 13.7. The quantitative estimate of drug-likeness (QED) is 0.832. The summed E-state index contributed by atoms with van der Waals surface area (Å²) in [5.41, 5.74) is 0.530. The molecule has 1 atom stereocenters. The molecule has 1 N–H and O–H groups in total. The Bertz CT molecular complexity index is 433. The molecule has 0 aliphatic rings. The van der Waals surface area contributed by atoms with Crippen LogP contribution in [0.2, 0.25) is 0 Å². The number of phenolic OH excluding ortho intramolecular Hbond substituents is 1. The summed E-state index contributed by atoms with van der Waals surface area (Å²) in [5, 5.41) is 9.09. The lowest BCUT2D eigenvalue weighted by Crippen LogP contribution is -2.15. The number of benzene rings is 1. The van der Waals surface area contributed by atoms with Crippen LogP contribution in [0.3, 0.4) is 0 Å². The van der Waals surface area contributed by atoms with Crippen LogP contribution in [-0.2, 0) is 15.5 Å². The average molecular weight is 253 g/mol. The maximum atomic E-state index is 13.2.